The summed E-state index contributed by atoms with van der Waals surface area (Å²) < 4.78 is 41.0. The Morgan fingerprint density at radius 2 is 1.83 bits per heavy atom. The highest BCUT2D eigenvalue weighted by Crippen LogP contribution is 2.38. The maximum Gasteiger partial charge on any atom is 0.433 e. The Morgan fingerprint density at radius 3 is 2.43 bits per heavy atom. The molecule has 1 amide bonds. The fraction of sp³-hybridized carbons (Fsp3) is 0.440. The second-order valence-electron chi connectivity index (χ2n) is 9.58. The van der Waals surface area contributed by atoms with E-state index in [2.05, 4.69) is 10.3 Å². The van der Waals surface area contributed by atoms with Crippen molar-refractivity contribution in [2.75, 3.05) is 5.32 Å². The van der Waals surface area contributed by atoms with Crippen LogP contribution >= 0.6 is 0 Å². The summed E-state index contributed by atoms with van der Waals surface area (Å²) in [5.74, 6) is 0.292. The van der Waals surface area contributed by atoms with Gasteiger partial charge in [-0.1, -0.05) is 6.07 Å². The molecule has 7 nitrogen and oxygen atoms in total. The van der Waals surface area contributed by atoms with E-state index in [0.29, 0.717) is 16.6 Å². The smallest absolute Gasteiger partial charge is 0.386 e. The van der Waals surface area contributed by atoms with Gasteiger partial charge >= 0.3 is 6.18 Å². The number of anilines is 1. The molecule has 1 fully saturated rings. The van der Waals surface area contributed by atoms with E-state index in [1.54, 1.807) is 26.0 Å². The summed E-state index contributed by atoms with van der Waals surface area (Å²) in [7, 11) is 1.86. The maximum absolute atomic E-state index is 13.0. The molecule has 1 aromatic carbocycles. The van der Waals surface area contributed by atoms with Crippen LogP contribution in [0.5, 0.6) is 0 Å². The van der Waals surface area contributed by atoms with Crippen molar-refractivity contribution >= 4 is 28.9 Å². The number of carbonyl (C=O) groups excluding carboxylic acids is 2. The Hall–Kier alpha value is -3.27. The number of pyridine rings is 1. The molecule has 35 heavy (non-hydrogen) atoms. The van der Waals surface area contributed by atoms with Crippen LogP contribution in [-0.4, -0.2) is 31.8 Å². The molecular weight excluding hydrogens is 461 g/mol. The minimum atomic E-state index is -4.68. The SMILES string of the molecule is Cn1c2cc(NC(=O)c3cccc(C(F)(F)F)n3)c(C(C)(C)O)cc2nc1[C@H]1CC[C@H](C=O)CC1. The number of rotatable bonds is 5. The van der Waals surface area contributed by atoms with Crippen molar-refractivity contribution in [2.24, 2.45) is 13.0 Å². The molecule has 2 aromatic heterocycles. The predicted octanol–water partition coefficient (Wildman–Crippen LogP) is 4.94. The van der Waals surface area contributed by atoms with Gasteiger partial charge in [0.05, 0.1) is 16.6 Å². The zero-order chi connectivity index (χ0) is 25.5. The van der Waals surface area contributed by atoms with Gasteiger partial charge in [-0.05, 0) is 63.8 Å². The first kappa shape index (κ1) is 24.8. The Morgan fingerprint density at radius 1 is 1.14 bits per heavy atom. The van der Waals surface area contributed by atoms with E-state index in [9.17, 15) is 27.9 Å². The van der Waals surface area contributed by atoms with E-state index in [1.165, 1.54) is 6.07 Å². The number of benzene rings is 1. The summed E-state index contributed by atoms with van der Waals surface area (Å²) >= 11 is 0. The summed E-state index contributed by atoms with van der Waals surface area (Å²) in [5.41, 5.74) is -0.945. The van der Waals surface area contributed by atoms with Gasteiger partial charge in [0.25, 0.3) is 5.91 Å². The highest BCUT2D eigenvalue weighted by Gasteiger charge is 2.33. The van der Waals surface area contributed by atoms with Crippen LogP contribution in [0, 0.1) is 5.92 Å². The topological polar surface area (TPSA) is 97.1 Å². The zero-order valence-corrected chi connectivity index (χ0v) is 19.7. The first-order valence-corrected chi connectivity index (χ1v) is 11.4. The van der Waals surface area contributed by atoms with E-state index < -0.39 is 23.4 Å². The van der Waals surface area contributed by atoms with Crippen LogP contribution < -0.4 is 5.32 Å². The van der Waals surface area contributed by atoms with Gasteiger partial charge in [-0.2, -0.15) is 13.2 Å². The standard InChI is InChI=1S/C25H27F3N4O3/c1-24(2,35)16-11-19-20(32(3)22(30-19)15-9-7-14(13-33)8-10-15)12-18(16)31-23(34)17-5-4-6-21(29-17)25(26,27)28/h4-6,11-15,35H,7-10H2,1-3H3,(H,31,34)/t14-,15-. The number of amides is 1. The third kappa shape index (κ3) is 5.07. The van der Waals surface area contributed by atoms with Crippen LogP contribution in [0.3, 0.4) is 0 Å². The summed E-state index contributed by atoms with van der Waals surface area (Å²) in [4.78, 5) is 32.2. The fourth-order valence-corrected chi connectivity index (χ4v) is 4.65. The van der Waals surface area contributed by atoms with Crippen molar-refractivity contribution in [2.45, 2.75) is 57.2 Å². The number of hydrogen-bond donors (Lipinski definition) is 2. The van der Waals surface area contributed by atoms with Crippen molar-refractivity contribution in [3.63, 3.8) is 0 Å². The zero-order valence-electron chi connectivity index (χ0n) is 19.7. The molecule has 186 valence electrons. The first-order valence-electron chi connectivity index (χ1n) is 11.4. The molecule has 0 unspecified atom stereocenters. The van der Waals surface area contributed by atoms with E-state index in [1.807, 2.05) is 11.6 Å². The molecule has 1 saturated carbocycles. The lowest BCUT2D eigenvalue weighted by molar-refractivity contribution is -0.141. The van der Waals surface area contributed by atoms with E-state index in [4.69, 9.17) is 4.98 Å². The molecule has 0 radical (unpaired) electrons. The molecule has 0 saturated heterocycles. The predicted molar refractivity (Wildman–Crippen MR) is 124 cm³/mol. The molecule has 4 rings (SSSR count). The van der Waals surface area contributed by atoms with Crippen LogP contribution in [0.4, 0.5) is 18.9 Å². The van der Waals surface area contributed by atoms with Gasteiger partial charge in [-0.3, -0.25) is 4.79 Å². The number of halogens is 3. The molecule has 2 heterocycles. The van der Waals surface area contributed by atoms with Crippen LogP contribution in [-0.2, 0) is 23.6 Å². The number of aromatic nitrogens is 3. The molecule has 0 aliphatic heterocycles. The number of imidazole rings is 1. The molecule has 3 aromatic rings. The summed E-state index contributed by atoms with van der Waals surface area (Å²) in [6, 6.07) is 6.47. The van der Waals surface area contributed by atoms with Crippen molar-refractivity contribution in [1.82, 2.24) is 14.5 Å². The van der Waals surface area contributed by atoms with Crippen molar-refractivity contribution in [3.05, 3.63) is 53.1 Å². The van der Waals surface area contributed by atoms with Gasteiger partial charge in [0.1, 0.15) is 23.5 Å². The maximum atomic E-state index is 13.0. The number of hydrogen-bond acceptors (Lipinski definition) is 5. The number of fused-ring (bicyclic) bond motifs is 1. The average molecular weight is 489 g/mol. The van der Waals surface area contributed by atoms with Gasteiger partial charge in [0, 0.05) is 30.1 Å². The molecule has 1 aliphatic rings. The first-order chi connectivity index (χ1) is 16.4. The number of aryl methyl sites for hydroxylation is 1. The van der Waals surface area contributed by atoms with Gasteiger partial charge < -0.3 is 19.8 Å². The van der Waals surface area contributed by atoms with Crippen LogP contribution in [0.2, 0.25) is 0 Å². The minimum Gasteiger partial charge on any atom is -0.386 e. The van der Waals surface area contributed by atoms with Crippen LogP contribution in [0.25, 0.3) is 11.0 Å². The molecule has 0 bridgehead atoms. The number of alkyl halides is 3. The molecule has 1 aliphatic carbocycles. The van der Waals surface area contributed by atoms with Crippen LogP contribution in [0.15, 0.2) is 30.3 Å². The molecule has 10 heteroatoms. The summed E-state index contributed by atoms with van der Waals surface area (Å²) in [5, 5.41) is 13.4. The highest BCUT2D eigenvalue weighted by atomic mass is 19.4. The van der Waals surface area contributed by atoms with Crippen molar-refractivity contribution < 1.29 is 27.9 Å². The normalized spacial score (nSPS) is 19.1. The third-order valence-corrected chi connectivity index (χ3v) is 6.56. The monoisotopic (exact) mass is 488 g/mol. The lowest BCUT2D eigenvalue weighted by atomic mass is 9.82. The molecule has 0 atom stereocenters. The lowest BCUT2D eigenvalue weighted by Crippen LogP contribution is -2.22. The highest BCUT2D eigenvalue weighted by molar-refractivity contribution is 6.04. The van der Waals surface area contributed by atoms with Gasteiger partial charge in [-0.25, -0.2) is 9.97 Å². The van der Waals surface area contributed by atoms with E-state index in [0.717, 1.165) is 49.9 Å². The number of aliphatic hydroxyl groups is 1. The number of carbonyl (C=O) groups is 2. The molecular formula is C25H27F3N4O3. The Labute approximate surface area is 200 Å². The Bertz CT molecular complexity index is 1270. The number of nitrogens with zero attached hydrogens (tertiary/aromatic N) is 3. The Balaban J connectivity index is 1.71. The largest absolute Gasteiger partial charge is 0.433 e. The molecule has 0 spiro atoms. The number of nitrogens with one attached hydrogen (secondary N) is 1. The van der Waals surface area contributed by atoms with E-state index in [-0.39, 0.29) is 23.2 Å². The van der Waals surface area contributed by atoms with Gasteiger partial charge in [-0.15, -0.1) is 0 Å². The Kier molecular flexibility index (Phi) is 6.44. The van der Waals surface area contributed by atoms with Crippen molar-refractivity contribution in [3.8, 4) is 0 Å². The molecule has 2 N–H and O–H groups in total. The number of aldehydes is 1. The van der Waals surface area contributed by atoms with Crippen LogP contribution in [0.1, 0.15) is 73.0 Å². The average Bonchev–Trinajstić information content (AvgIpc) is 3.13. The summed E-state index contributed by atoms with van der Waals surface area (Å²) in [6.45, 7) is 3.10. The lowest BCUT2D eigenvalue weighted by Gasteiger charge is -2.24. The van der Waals surface area contributed by atoms with Gasteiger partial charge in [0.15, 0.2) is 0 Å². The summed E-state index contributed by atoms with van der Waals surface area (Å²) in [6.07, 6.45) is -0.388. The second-order valence-corrected chi connectivity index (χ2v) is 9.58. The third-order valence-electron chi connectivity index (χ3n) is 6.56. The van der Waals surface area contributed by atoms with E-state index >= 15 is 0 Å². The quantitative estimate of drug-likeness (QED) is 0.496. The second kappa shape index (κ2) is 9.07. The van der Waals surface area contributed by atoms with Crippen molar-refractivity contribution in [1.29, 1.82) is 0 Å². The van der Waals surface area contributed by atoms with Gasteiger partial charge in [0.2, 0.25) is 0 Å². The fourth-order valence-electron chi connectivity index (χ4n) is 4.65. The minimum absolute atomic E-state index is 0.0778.